The molecule has 0 spiro atoms. The van der Waals surface area contributed by atoms with Crippen molar-refractivity contribution in [3.05, 3.63) is 40.6 Å². The smallest absolute Gasteiger partial charge is 0.362 e. The zero-order chi connectivity index (χ0) is 32.5. The molecule has 0 saturated carbocycles. The molecular weight excluding hydrogens is 621 g/mol. The van der Waals surface area contributed by atoms with Crippen LogP contribution in [-0.4, -0.2) is 79.3 Å². The Hall–Kier alpha value is -3.28. The van der Waals surface area contributed by atoms with Crippen LogP contribution in [0.25, 0.3) is 10.8 Å². The third-order valence-electron chi connectivity index (χ3n) is 6.45. The minimum Gasteiger partial charge on any atom is -0.362 e. The second kappa shape index (κ2) is 15.3. The summed E-state index contributed by atoms with van der Waals surface area (Å²) in [5.41, 5.74) is 4.73. The Morgan fingerprint density at radius 2 is 1.93 bits per heavy atom. The Balaban J connectivity index is 0.000000345. The molecule has 0 aliphatic carbocycles. The number of hydroxylamine groups is 3. The summed E-state index contributed by atoms with van der Waals surface area (Å²) in [4.78, 5) is 43.6. The van der Waals surface area contributed by atoms with Gasteiger partial charge in [-0.3, -0.25) is 19.4 Å². The third kappa shape index (κ3) is 11.5. The van der Waals surface area contributed by atoms with E-state index in [2.05, 4.69) is 52.7 Å². The number of benzene rings is 1. The number of alkyl halides is 3. The molecule has 0 bridgehead atoms. The largest absolute Gasteiger partial charge is 0.470 e. The van der Waals surface area contributed by atoms with Crippen molar-refractivity contribution in [3.63, 3.8) is 0 Å². The average Bonchev–Trinajstić information content (AvgIpc) is 3.13. The number of fused-ring (bicyclic) bond motifs is 1. The fraction of sp³-hybridized carbons (Fsp3) is 0.536. The Kier molecular flexibility index (Phi) is 13.4. The first-order valence-electron chi connectivity index (χ1n) is 13.0. The second-order valence-corrected chi connectivity index (χ2v) is 12.3. The fourth-order valence-corrected chi connectivity index (χ4v) is 4.74. The van der Waals surface area contributed by atoms with Gasteiger partial charge in [-0.2, -0.15) is 23.1 Å². The van der Waals surface area contributed by atoms with Gasteiger partial charge in [0.05, 0.1) is 33.6 Å². The maximum Gasteiger partial charge on any atom is 0.470 e. The predicted molar refractivity (Wildman–Crippen MR) is 155 cm³/mol. The number of carbonyl (C=O) groups excluding carboxylic acids is 3. The lowest BCUT2D eigenvalue weighted by atomic mass is 9.84. The predicted octanol–water partition coefficient (Wildman–Crippen LogP) is 4.25. The zero-order valence-electron chi connectivity index (χ0n) is 24.8. The summed E-state index contributed by atoms with van der Waals surface area (Å²) in [6.07, 6.45) is -0.602. The highest BCUT2D eigenvalue weighted by atomic mass is 79.9. The molecule has 3 amide bonds. The van der Waals surface area contributed by atoms with Crippen LogP contribution in [0.3, 0.4) is 0 Å². The summed E-state index contributed by atoms with van der Waals surface area (Å²) in [5.74, 6) is -1.48. The first-order chi connectivity index (χ1) is 19.2. The van der Waals surface area contributed by atoms with Gasteiger partial charge in [-0.15, -0.1) is 0 Å². The molecule has 1 aliphatic heterocycles. The van der Waals surface area contributed by atoms with Crippen LogP contribution < -0.4 is 11.1 Å². The molecule has 42 heavy (non-hydrogen) atoms. The number of likely N-dealkylation sites (tertiary alicyclic amines) is 1. The number of nitriles is 1. The highest BCUT2D eigenvalue weighted by Gasteiger charge is 2.39. The number of hydrogen-bond acceptors (Lipinski definition) is 6. The quantitative estimate of drug-likeness (QED) is 0.259. The minimum atomic E-state index is -4.86. The Morgan fingerprint density at radius 3 is 2.38 bits per heavy atom. The molecule has 1 aromatic carbocycles. The second-order valence-electron chi connectivity index (χ2n) is 11.4. The van der Waals surface area contributed by atoms with E-state index in [0.717, 1.165) is 28.3 Å². The van der Waals surface area contributed by atoms with Crippen molar-refractivity contribution in [2.45, 2.75) is 52.4 Å². The first kappa shape index (κ1) is 36.7. The molecule has 3 N–H and O–H groups in total. The summed E-state index contributed by atoms with van der Waals surface area (Å²) < 4.78 is 33.4. The van der Waals surface area contributed by atoms with E-state index in [1.807, 2.05) is 57.2 Å². The van der Waals surface area contributed by atoms with Crippen LogP contribution in [0.1, 0.15) is 45.7 Å². The Bertz CT molecular complexity index is 1270. The van der Waals surface area contributed by atoms with Gasteiger partial charge in [0, 0.05) is 46.3 Å². The van der Waals surface area contributed by atoms with Crippen LogP contribution >= 0.6 is 15.9 Å². The molecule has 2 heterocycles. The van der Waals surface area contributed by atoms with Gasteiger partial charge in [0.15, 0.2) is 0 Å². The number of halogens is 4. The summed E-state index contributed by atoms with van der Waals surface area (Å²) in [5, 5.41) is 13.3. The molecule has 0 radical (unpaired) electrons. The van der Waals surface area contributed by atoms with Gasteiger partial charge in [-0.05, 0) is 24.3 Å². The minimum absolute atomic E-state index is 0.0449. The number of nitrogens with zero attached hydrogens (tertiary/aromatic N) is 4. The molecule has 1 saturated heterocycles. The van der Waals surface area contributed by atoms with E-state index in [1.165, 1.54) is 0 Å². The summed E-state index contributed by atoms with van der Waals surface area (Å²) in [7, 11) is 5.88. The molecule has 2 unspecified atom stereocenters. The molecular formula is C28H39BrF3N6O4+. The number of hydrogen-bond donors (Lipinski definition) is 2. The molecule has 232 valence electrons. The fourth-order valence-electron chi connectivity index (χ4n) is 4.13. The average molecular weight is 661 g/mol. The van der Waals surface area contributed by atoms with E-state index < -0.39 is 18.1 Å². The highest BCUT2D eigenvalue weighted by Crippen LogP contribution is 2.35. The maximum absolute atomic E-state index is 12.2. The molecule has 1 fully saturated rings. The van der Waals surface area contributed by atoms with Crippen molar-refractivity contribution >= 4 is 44.9 Å². The number of aromatic nitrogens is 1. The van der Waals surface area contributed by atoms with Gasteiger partial charge in [-0.1, -0.05) is 48.8 Å². The van der Waals surface area contributed by atoms with Crippen LogP contribution in [0.5, 0.6) is 0 Å². The number of nitrogens with one attached hydrogen (secondary N) is 1. The van der Waals surface area contributed by atoms with E-state index in [4.69, 9.17) is 14.9 Å². The lowest BCUT2D eigenvalue weighted by molar-refractivity contribution is -1.07. The molecule has 10 nitrogen and oxygen atoms in total. The number of amides is 3. The van der Waals surface area contributed by atoms with Crippen LogP contribution in [0, 0.1) is 22.7 Å². The van der Waals surface area contributed by atoms with E-state index in [1.54, 1.807) is 12.4 Å². The Morgan fingerprint density at radius 1 is 1.33 bits per heavy atom. The number of rotatable bonds is 7. The lowest BCUT2D eigenvalue weighted by Crippen LogP contribution is -2.40. The molecule has 2 aromatic rings. The molecule has 1 aliphatic rings. The topological polar surface area (TPSA) is 138 Å². The third-order valence-corrected chi connectivity index (χ3v) is 7.11. The number of primary amides is 1. The van der Waals surface area contributed by atoms with Gasteiger partial charge < -0.3 is 16.0 Å². The summed E-state index contributed by atoms with van der Waals surface area (Å²) >= 11 is 3.44. The van der Waals surface area contributed by atoms with E-state index >= 15 is 0 Å². The van der Waals surface area contributed by atoms with Gasteiger partial charge in [-0.25, -0.2) is 4.84 Å². The lowest BCUT2D eigenvalue weighted by Gasteiger charge is -2.26. The first-order valence-corrected chi connectivity index (χ1v) is 13.8. The van der Waals surface area contributed by atoms with Gasteiger partial charge in [0.25, 0.3) is 0 Å². The van der Waals surface area contributed by atoms with Crippen molar-refractivity contribution in [1.82, 2.24) is 15.2 Å². The molecule has 3 rings (SSSR count). The van der Waals surface area contributed by atoms with Crippen LogP contribution in [0.4, 0.5) is 13.2 Å². The van der Waals surface area contributed by atoms with Gasteiger partial charge >= 0.3 is 12.1 Å². The number of nitrogens with two attached hydrogens (primary N) is 1. The van der Waals surface area contributed by atoms with Gasteiger partial charge in [0.2, 0.25) is 12.3 Å². The van der Waals surface area contributed by atoms with E-state index in [9.17, 15) is 22.8 Å². The Labute approximate surface area is 252 Å². The van der Waals surface area contributed by atoms with Crippen LogP contribution in [-0.2, 0) is 19.2 Å². The number of quaternary nitrogens is 1. The standard InChI is InChI=1S/C14H29N2O2.C12H8BrN3O.C2H2F3NO/c1-11-9-15(10-14(11,3)4)13(17)8-12(2)18-16(5,6)7;13-10-3-1-2-8-5-15-6-9(12(8)10)11(4-14)16-7-17;3-2(4,5)1(6)7/h11-12H,8-10H2,1-7H3;1-3,5-7,11H,(H,16,17);(H2,6,7)/q+1;;/t11?,12-;;/m1../s1. The van der Waals surface area contributed by atoms with E-state index in [0.29, 0.717) is 29.0 Å². The highest BCUT2D eigenvalue weighted by molar-refractivity contribution is 9.10. The normalized spacial score (nSPS) is 17.5. The number of carbonyl (C=O) groups is 3. The summed E-state index contributed by atoms with van der Waals surface area (Å²) in [6.45, 7) is 10.4. The van der Waals surface area contributed by atoms with E-state index in [-0.39, 0.29) is 17.4 Å². The van der Waals surface area contributed by atoms with Crippen molar-refractivity contribution in [2.24, 2.45) is 17.1 Å². The van der Waals surface area contributed by atoms with Crippen LogP contribution in [0.2, 0.25) is 0 Å². The maximum atomic E-state index is 12.2. The summed E-state index contributed by atoms with van der Waals surface area (Å²) in [6, 6.07) is 7.04. The zero-order valence-corrected chi connectivity index (χ0v) is 26.4. The molecule has 14 heteroatoms. The van der Waals surface area contributed by atoms with Crippen molar-refractivity contribution in [3.8, 4) is 6.07 Å². The monoisotopic (exact) mass is 659 g/mol. The molecule has 1 aromatic heterocycles. The number of pyridine rings is 1. The van der Waals surface area contributed by atoms with Crippen molar-refractivity contribution < 1.29 is 37.0 Å². The van der Waals surface area contributed by atoms with Gasteiger partial charge in [0.1, 0.15) is 12.1 Å². The van der Waals surface area contributed by atoms with Crippen molar-refractivity contribution in [2.75, 3.05) is 34.2 Å². The SMILES string of the molecule is CC1CN(C(=O)C[C@@H](C)O[N+](C)(C)C)CC1(C)C.N#CC(NC=O)c1cncc2cccc(Br)c12.NC(=O)C(F)(F)F. The van der Waals surface area contributed by atoms with Crippen LogP contribution in [0.15, 0.2) is 35.1 Å². The van der Waals surface area contributed by atoms with Crippen molar-refractivity contribution in [1.29, 1.82) is 5.26 Å². The molecule has 3 atom stereocenters.